The molecule has 0 aliphatic carbocycles. The molecule has 136 valence electrons. The molecule has 0 spiro atoms. The number of hydrogen-bond donors (Lipinski definition) is 0. The molecule has 0 atom stereocenters. The largest absolute Gasteiger partial charge is 0.276 e. The van der Waals surface area contributed by atoms with Crippen LogP contribution in [0.25, 0.3) is 16.0 Å². The van der Waals surface area contributed by atoms with Gasteiger partial charge < -0.3 is 0 Å². The fourth-order valence-electron chi connectivity index (χ4n) is 2.52. The molecule has 2 aromatic carbocycles. The van der Waals surface area contributed by atoms with Crippen LogP contribution < -0.4 is 0 Å². The number of benzene rings is 2. The summed E-state index contributed by atoms with van der Waals surface area (Å²) in [7, 11) is 0. The normalized spacial score (nSPS) is 11.2. The summed E-state index contributed by atoms with van der Waals surface area (Å²) in [5.74, 6) is -1.25. The van der Waals surface area contributed by atoms with Gasteiger partial charge in [-0.3, -0.25) is 4.57 Å². The summed E-state index contributed by atoms with van der Waals surface area (Å²) >= 11 is 8.10. The molecule has 0 radical (unpaired) electrons. The molecule has 0 aliphatic rings. The maximum atomic E-state index is 13.9. The molecule has 4 rings (SSSR count). The fraction of sp³-hybridized carbons (Fsp3) is 0.0556. The van der Waals surface area contributed by atoms with E-state index in [0.29, 0.717) is 31.6 Å². The van der Waals surface area contributed by atoms with Crippen LogP contribution in [0.2, 0.25) is 0 Å². The Morgan fingerprint density at radius 1 is 1.00 bits per heavy atom. The second-order valence-corrected chi connectivity index (χ2v) is 8.14. The van der Waals surface area contributed by atoms with E-state index in [-0.39, 0.29) is 5.82 Å². The third-order valence-corrected chi connectivity index (χ3v) is 6.34. The van der Waals surface area contributed by atoms with E-state index in [9.17, 15) is 13.2 Å². The first-order valence-electron chi connectivity index (χ1n) is 7.72. The topological polar surface area (TPSA) is 30.7 Å². The van der Waals surface area contributed by atoms with Gasteiger partial charge in [0.25, 0.3) is 0 Å². The quantitative estimate of drug-likeness (QED) is 0.232. The molecule has 0 unspecified atom stereocenters. The van der Waals surface area contributed by atoms with E-state index in [1.54, 1.807) is 16.7 Å². The first-order chi connectivity index (χ1) is 13.0. The molecule has 4 aromatic rings. The number of fused-ring (bicyclic) bond motifs is 1. The number of thioether (sulfide) groups is 1. The fourth-order valence-corrected chi connectivity index (χ4v) is 4.97. The average Bonchev–Trinajstić information content (AvgIpc) is 2.98. The van der Waals surface area contributed by atoms with Crippen molar-refractivity contribution >= 4 is 45.7 Å². The van der Waals surface area contributed by atoms with Gasteiger partial charge in [-0.25, -0.2) is 23.1 Å². The molecular weight excluding hydrogens is 411 g/mol. The van der Waals surface area contributed by atoms with Crippen LogP contribution in [0.5, 0.6) is 0 Å². The van der Waals surface area contributed by atoms with Crippen molar-refractivity contribution in [3.63, 3.8) is 0 Å². The first-order valence-corrected chi connectivity index (χ1v) is 9.93. The van der Waals surface area contributed by atoms with E-state index in [2.05, 4.69) is 9.97 Å². The highest BCUT2D eigenvalue weighted by molar-refractivity contribution is 7.98. The summed E-state index contributed by atoms with van der Waals surface area (Å²) in [4.78, 5) is 8.59. The van der Waals surface area contributed by atoms with Crippen LogP contribution in [0.1, 0.15) is 5.56 Å². The monoisotopic (exact) mass is 421 g/mol. The zero-order chi connectivity index (χ0) is 19.0. The molecule has 0 fully saturated rings. The van der Waals surface area contributed by atoms with Gasteiger partial charge in [-0.1, -0.05) is 29.2 Å². The Morgan fingerprint density at radius 2 is 1.74 bits per heavy atom. The SMILES string of the molecule is Fc1ccc(-n2c(=S)sc3c(SCc4ccc(F)cc4F)ncnc32)cc1. The summed E-state index contributed by atoms with van der Waals surface area (Å²) in [6, 6.07) is 9.47. The summed E-state index contributed by atoms with van der Waals surface area (Å²) in [5, 5.41) is 0.653. The standard InChI is InChI=1S/C18H10F3N3S3/c19-11-3-5-13(6-4-11)24-16-15(27-18(24)25)17(23-9-22-16)26-8-10-1-2-12(20)7-14(10)21/h1-7,9H,8H2. The predicted molar refractivity (Wildman–Crippen MR) is 103 cm³/mol. The van der Waals surface area contributed by atoms with Crippen molar-refractivity contribution < 1.29 is 13.2 Å². The lowest BCUT2D eigenvalue weighted by atomic mass is 10.2. The molecule has 2 heterocycles. The first kappa shape index (κ1) is 18.1. The molecular formula is C18H10F3N3S3. The van der Waals surface area contributed by atoms with Crippen LogP contribution in [-0.2, 0) is 5.75 Å². The highest BCUT2D eigenvalue weighted by Gasteiger charge is 2.14. The van der Waals surface area contributed by atoms with E-state index in [0.717, 1.165) is 10.8 Å². The lowest BCUT2D eigenvalue weighted by Gasteiger charge is -2.06. The lowest BCUT2D eigenvalue weighted by Crippen LogP contribution is -1.96. The minimum absolute atomic E-state index is 0.291. The molecule has 0 N–H and O–H groups in total. The van der Waals surface area contributed by atoms with Crippen LogP contribution in [-0.4, -0.2) is 14.5 Å². The van der Waals surface area contributed by atoms with Gasteiger partial charge in [0.15, 0.2) is 9.60 Å². The summed E-state index contributed by atoms with van der Waals surface area (Å²) < 4.78 is 43.2. The van der Waals surface area contributed by atoms with Gasteiger partial charge in [-0.2, -0.15) is 0 Å². The minimum atomic E-state index is -0.611. The Balaban J connectivity index is 1.72. The van der Waals surface area contributed by atoms with Crippen molar-refractivity contribution in [2.45, 2.75) is 10.8 Å². The highest BCUT2D eigenvalue weighted by Crippen LogP contribution is 2.33. The van der Waals surface area contributed by atoms with Crippen LogP contribution in [0.3, 0.4) is 0 Å². The predicted octanol–water partition coefficient (Wildman–Crippen LogP) is 5.92. The van der Waals surface area contributed by atoms with Crippen molar-refractivity contribution in [1.29, 1.82) is 0 Å². The smallest absolute Gasteiger partial charge is 0.168 e. The van der Waals surface area contributed by atoms with Crippen LogP contribution in [0.4, 0.5) is 13.2 Å². The number of aromatic nitrogens is 3. The minimum Gasteiger partial charge on any atom is -0.276 e. The van der Waals surface area contributed by atoms with Crippen molar-refractivity contribution in [3.05, 3.63) is 75.8 Å². The Morgan fingerprint density at radius 3 is 2.48 bits per heavy atom. The molecule has 0 saturated heterocycles. The summed E-state index contributed by atoms with van der Waals surface area (Å²) in [6.07, 6.45) is 1.41. The number of rotatable bonds is 4. The summed E-state index contributed by atoms with van der Waals surface area (Å²) in [5.41, 5.74) is 1.69. The number of nitrogens with zero attached hydrogens (tertiary/aromatic N) is 3. The van der Waals surface area contributed by atoms with E-state index in [4.69, 9.17) is 12.2 Å². The van der Waals surface area contributed by atoms with Crippen molar-refractivity contribution in [3.8, 4) is 5.69 Å². The van der Waals surface area contributed by atoms with Crippen LogP contribution in [0.15, 0.2) is 53.8 Å². The number of thiazole rings is 1. The van der Waals surface area contributed by atoms with Gasteiger partial charge in [0.2, 0.25) is 0 Å². The van der Waals surface area contributed by atoms with Gasteiger partial charge in [0.1, 0.15) is 33.5 Å². The lowest BCUT2D eigenvalue weighted by molar-refractivity contribution is 0.576. The molecule has 0 amide bonds. The van der Waals surface area contributed by atoms with E-state index in [1.807, 2.05) is 0 Å². The van der Waals surface area contributed by atoms with Crippen LogP contribution >= 0.6 is 35.3 Å². The van der Waals surface area contributed by atoms with Gasteiger partial charge in [-0.05, 0) is 48.1 Å². The van der Waals surface area contributed by atoms with Gasteiger partial charge in [-0.15, -0.1) is 0 Å². The second-order valence-electron chi connectivity index (χ2n) is 5.54. The third kappa shape index (κ3) is 3.62. The van der Waals surface area contributed by atoms with Crippen molar-refractivity contribution in [2.24, 2.45) is 0 Å². The Kier molecular flexibility index (Phi) is 4.98. The Hall–Kier alpha value is -2.23. The van der Waals surface area contributed by atoms with E-state index < -0.39 is 11.6 Å². The zero-order valence-corrected chi connectivity index (χ0v) is 16.0. The maximum absolute atomic E-state index is 13.9. The van der Waals surface area contributed by atoms with E-state index >= 15 is 0 Å². The van der Waals surface area contributed by atoms with E-state index in [1.165, 1.54) is 53.7 Å². The maximum Gasteiger partial charge on any atom is 0.168 e. The molecule has 2 aromatic heterocycles. The van der Waals surface area contributed by atoms with Crippen molar-refractivity contribution in [2.75, 3.05) is 0 Å². The van der Waals surface area contributed by atoms with Crippen LogP contribution in [0, 0.1) is 21.4 Å². The molecule has 9 heteroatoms. The average molecular weight is 421 g/mol. The zero-order valence-electron chi connectivity index (χ0n) is 13.5. The van der Waals surface area contributed by atoms with Crippen molar-refractivity contribution in [1.82, 2.24) is 14.5 Å². The van der Waals surface area contributed by atoms with Gasteiger partial charge in [0, 0.05) is 17.5 Å². The van der Waals surface area contributed by atoms with Gasteiger partial charge >= 0.3 is 0 Å². The third-order valence-electron chi connectivity index (χ3n) is 3.80. The molecule has 27 heavy (non-hydrogen) atoms. The molecule has 0 aliphatic heterocycles. The Bertz CT molecular complexity index is 1190. The molecule has 3 nitrogen and oxygen atoms in total. The second kappa shape index (κ2) is 7.41. The summed E-state index contributed by atoms with van der Waals surface area (Å²) in [6.45, 7) is 0. The Labute approximate surface area is 165 Å². The van der Waals surface area contributed by atoms with Gasteiger partial charge in [0.05, 0.1) is 0 Å². The highest BCUT2D eigenvalue weighted by atomic mass is 32.2. The number of hydrogen-bond acceptors (Lipinski definition) is 5. The number of halogens is 3. The molecule has 0 saturated carbocycles. The molecule has 0 bridgehead atoms.